The molecule has 0 spiro atoms. The van der Waals surface area contributed by atoms with Crippen molar-refractivity contribution in [2.24, 2.45) is 11.0 Å². The molecule has 140 valence electrons. The molecule has 27 heavy (non-hydrogen) atoms. The number of rotatable bonds is 5. The summed E-state index contributed by atoms with van der Waals surface area (Å²) in [5.41, 5.74) is 5.96. The fraction of sp³-hybridized carbons (Fsp3) is 0.318. The van der Waals surface area contributed by atoms with Gasteiger partial charge in [-0.2, -0.15) is 5.10 Å². The van der Waals surface area contributed by atoms with Crippen molar-refractivity contribution in [2.45, 2.75) is 38.5 Å². The number of carboxylic acid groups (broad SMARTS) is 1. The van der Waals surface area contributed by atoms with Crippen LogP contribution in [0.2, 0.25) is 0 Å². The lowest BCUT2D eigenvalue weighted by Gasteiger charge is -2.19. The third-order valence-electron chi connectivity index (χ3n) is 4.87. The molecule has 1 amide bonds. The molecular weight excluding hydrogens is 340 g/mol. The first kappa shape index (κ1) is 18.8. The van der Waals surface area contributed by atoms with E-state index in [1.54, 1.807) is 12.1 Å². The van der Waals surface area contributed by atoms with Crippen LogP contribution in [0.15, 0.2) is 53.6 Å². The van der Waals surface area contributed by atoms with Gasteiger partial charge < -0.3 is 9.90 Å². The van der Waals surface area contributed by atoms with E-state index in [1.807, 2.05) is 0 Å². The van der Waals surface area contributed by atoms with E-state index in [1.165, 1.54) is 29.5 Å². The van der Waals surface area contributed by atoms with Gasteiger partial charge in [0.05, 0.1) is 12.2 Å². The van der Waals surface area contributed by atoms with Crippen LogP contribution in [0.4, 0.5) is 0 Å². The number of aromatic carboxylic acids is 1. The van der Waals surface area contributed by atoms with E-state index in [9.17, 15) is 14.7 Å². The molecule has 1 aliphatic carbocycles. The van der Waals surface area contributed by atoms with Gasteiger partial charge in [0.15, 0.2) is 0 Å². The second-order valence-electron chi connectivity index (χ2n) is 7.96. The second-order valence-corrected chi connectivity index (χ2v) is 7.96. The van der Waals surface area contributed by atoms with E-state index in [-0.39, 0.29) is 28.7 Å². The highest BCUT2D eigenvalue weighted by Crippen LogP contribution is 2.47. The van der Waals surface area contributed by atoms with Crippen molar-refractivity contribution >= 4 is 18.1 Å². The summed E-state index contributed by atoms with van der Waals surface area (Å²) in [5, 5.41) is 14.7. The minimum atomic E-state index is -1.22. The molecule has 1 fully saturated rings. The normalized spacial score (nSPS) is 19.1. The van der Waals surface area contributed by atoms with E-state index in [2.05, 4.69) is 55.6 Å². The predicted octanol–water partition coefficient (Wildman–Crippen LogP) is 2.60. The van der Waals surface area contributed by atoms with Gasteiger partial charge in [-0.3, -0.25) is 4.79 Å². The quantitative estimate of drug-likeness (QED) is 0.655. The smallest absolute Gasteiger partial charge is 0.243 e. The van der Waals surface area contributed by atoms with Gasteiger partial charge >= 0.3 is 0 Å². The van der Waals surface area contributed by atoms with E-state index in [0.29, 0.717) is 5.56 Å². The lowest BCUT2D eigenvalue weighted by atomic mass is 9.86. The highest BCUT2D eigenvalue weighted by molar-refractivity contribution is 5.88. The van der Waals surface area contributed by atoms with Crippen LogP contribution in [-0.4, -0.2) is 18.1 Å². The van der Waals surface area contributed by atoms with E-state index >= 15 is 0 Å². The maximum absolute atomic E-state index is 12.2. The summed E-state index contributed by atoms with van der Waals surface area (Å²) in [7, 11) is 0. The minimum absolute atomic E-state index is 0.0527. The Morgan fingerprint density at radius 3 is 2.26 bits per heavy atom. The topological polar surface area (TPSA) is 81.6 Å². The lowest BCUT2D eigenvalue weighted by Crippen LogP contribution is -2.22. The molecule has 5 heteroatoms. The first-order valence-electron chi connectivity index (χ1n) is 9.00. The van der Waals surface area contributed by atoms with Crippen molar-refractivity contribution in [3.8, 4) is 0 Å². The minimum Gasteiger partial charge on any atom is -0.545 e. The van der Waals surface area contributed by atoms with E-state index in [4.69, 9.17) is 0 Å². The number of carbonyl (C=O) groups excluding carboxylic acids is 2. The largest absolute Gasteiger partial charge is 0.545 e. The molecule has 2 aromatic rings. The van der Waals surface area contributed by atoms with Crippen molar-refractivity contribution in [2.75, 3.05) is 0 Å². The van der Waals surface area contributed by atoms with Crippen LogP contribution in [0.3, 0.4) is 0 Å². The van der Waals surface area contributed by atoms with Crippen molar-refractivity contribution in [1.82, 2.24) is 5.43 Å². The molecule has 0 aromatic heterocycles. The average Bonchev–Trinajstić information content (AvgIpc) is 3.42. The molecule has 0 aliphatic heterocycles. The van der Waals surface area contributed by atoms with Crippen LogP contribution >= 0.6 is 0 Å². The van der Waals surface area contributed by atoms with Gasteiger partial charge in [0.2, 0.25) is 5.91 Å². The van der Waals surface area contributed by atoms with Crippen LogP contribution in [0.5, 0.6) is 0 Å². The Bertz CT molecular complexity index is 862. The number of amides is 1. The molecule has 2 aromatic carbocycles. The van der Waals surface area contributed by atoms with Crippen molar-refractivity contribution in [1.29, 1.82) is 0 Å². The van der Waals surface area contributed by atoms with Crippen LogP contribution < -0.4 is 10.5 Å². The highest BCUT2D eigenvalue weighted by Gasteiger charge is 2.43. The maximum Gasteiger partial charge on any atom is 0.243 e. The molecule has 0 unspecified atom stereocenters. The number of hydrogen-bond donors (Lipinski definition) is 1. The summed E-state index contributed by atoms with van der Waals surface area (Å²) in [5.74, 6) is -1.12. The fourth-order valence-electron chi connectivity index (χ4n) is 3.04. The van der Waals surface area contributed by atoms with E-state index in [0.717, 1.165) is 6.42 Å². The number of hydrazone groups is 1. The molecule has 5 nitrogen and oxygen atoms in total. The summed E-state index contributed by atoms with van der Waals surface area (Å²) in [4.78, 5) is 22.9. The zero-order valence-corrected chi connectivity index (χ0v) is 15.7. The highest BCUT2D eigenvalue weighted by atomic mass is 16.4. The van der Waals surface area contributed by atoms with Crippen LogP contribution in [0, 0.1) is 5.92 Å². The molecule has 1 N–H and O–H groups in total. The molecule has 0 heterocycles. The van der Waals surface area contributed by atoms with Gasteiger partial charge in [-0.15, -0.1) is 0 Å². The molecule has 0 radical (unpaired) electrons. The van der Waals surface area contributed by atoms with Gasteiger partial charge in [-0.05, 0) is 40.0 Å². The van der Waals surface area contributed by atoms with Crippen molar-refractivity contribution in [3.05, 3.63) is 70.8 Å². The monoisotopic (exact) mass is 363 g/mol. The Hall–Kier alpha value is -2.95. The Balaban J connectivity index is 1.53. The molecule has 0 bridgehead atoms. The van der Waals surface area contributed by atoms with E-state index < -0.39 is 5.97 Å². The summed E-state index contributed by atoms with van der Waals surface area (Å²) in [6.45, 7) is 6.54. The Labute approximate surface area is 159 Å². The molecular formula is C22H23N2O3-. The number of carboxylic acids is 1. The number of benzene rings is 2. The zero-order valence-electron chi connectivity index (χ0n) is 15.7. The molecule has 1 saturated carbocycles. The van der Waals surface area contributed by atoms with Gasteiger partial charge in [-0.1, -0.05) is 69.3 Å². The molecule has 1 aliphatic rings. The number of carbonyl (C=O) groups is 2. The Morgan fingerprint density at radius 2 is 1.70 bits per heavy atom. The lowest BCUT2D eigenvalue weighted by molar-refractivity contribution is -0.255. The third-order valence-corrected chi connectivity index (χ3v) is 4.87. The number of hydrogen-bond acceptors (Lipinski definition) is 4. The summed E-state index contributed by atoms with van der Waals surface area (Å²) in [6.07, 6.45) is 2.32. The zero-order chi connectivity index (χ0) is 19.6. The SMILES string of the molecule is CC(C)(C)c1ccc([C@H]2C[C@@H]2C(=O)N/N=C\c2ccc(C(=O)[O-])cc2)cc1. The standard InChI is InChI=1S/C22H24N2O3/c1-22(2,3)17-10-8-15(9-11-17)18-12-19(18)20(25)24-23-13-14-4-6-16(7-5-14)21(26)27/h4-11,13,18-19H,12H2,1-3H3,(H,24,25)(H,26,27)/p-1/b23-13-/t18-,19+/m1/s1. The summed E-state index contributed by atoms with van der Waals surface area (Å²) >= 11 is 0. The first-order valence-corrected chi connectivity index (χ1v) is 9.00. The third kappa shape index (κ3) is 4.61. The molecule has 3 rings (SSSR count). The van der Waals surface area contributed by atoms with Crippen LogP contribution in [-0.2, 0) is 10.2 Å². The Morgan fingerprint density at radius 1 is 1.07 bits per heavy atom. The predicted molar refractivity (Wildman–Crippen MR) is 102 cm³/mol. The second kappa shape index (κ2) is 7.35. The van der Waals surface area contributed by atoms with Gasteiger partial charge in [0.25, 0.3) is 0 Å². The van der Waals surface area contributed by atoms with Crippen molar-refractivity contribution in [3.63, 3.8) is 0 Å². The average molecular weight is 363 g/mol. The number of nitrogens with one attached hydrogen (secondary N) is 1. The molecule has 0 saturated heterocycles. The number of nitrogens with zero attached hydrogens (tertiary/aromatic N) is 1. The van der Waals surface area contributed by atoms with Gasteiger partial charge in [0, 0.05) is 5.92 Å². The maximum atomic E-state index is 12.2. The summed E-state index contributed by atoms with van der Waals surface area (Å²) in [6, 6.07) is 14.6. The van der Waals surface area contributed by atoms with Crippen molar-refractivity contribution < 1.29 is 14.7 Å². The fourth-order valence-corrected chi connectivity index (χ4v) is 3.04. The van der Waals surface area contributed by atoms with Gasteiger partial charge in [-0.25, -0.2) is 5.43 Å². The summed E-state index contributed by atoms with van der Waals surface area (Å²) < 4.78 is 0. The first-order chi connectivity index (χ1) is 12.8. The van der Waals surface area contributed by atoms with Crippen LogP contribution in [0.1, 0.15) is 60.2 Å². The van der Waals surface area contributed by atoms with Gasteiger partial charge in [0.1, 0.15) is 0 Å². The Kier molecular flexibility index (Phi) is 5.13. The molecule has 2 atom stereocenters. The van der Waals surface area contributed by atoms with Crippen LogP contribution in [0.25, 0.3) is 0 Å².